The maximum Gasteiger partial charge on any atom is 0.228 e. The first-order valence-corrected chi connectivity index (χ1v) is 9.55. The van der Waals surface area contributed by atoms with E-state index in [1.807, 2.05) is 47.4 Å². The van der Waals surface area contributed by atoms with Gasteiger partial charge in [0.25, 0.3) is 0 Å². The quantitative estimate of drug-likeness (QED) is 0.809. The predicted octanol–water partition coefficient (Wildman–Crippen LogP) is 1.79. The van der Waals surface area contributed by atoms with Gasteiger partial charge in [0.2, 0.25) is 11.8 Å². The number of rotatable bonds is 4. The Morgan fingerprint density at radius 3 is 2.46 bits per heavy atom. The normalized spacial score (nSPS) is 19.8. The van der Waals surface area contributed by atoms with Crippen molar-refractivity contribution in [2.75, 3.05) is 49.6 Å². The molecule has 2 amide bonds. The van der Waals surface area contributed by atoms with Gasteiger partial charge in [-0.2, -0.15) is 0 Å². The average molecular weight is 380 g/mol. The maximum atomic E-state index is 13.0. The summed E-state index contributed by atoms with van der Waals surface area (Å²) in [5.41, 5.74) is 0.807. The molecule has 4 rings (SSSR count). The fourth-order valence-electron chi connectivity index (χ4n) is 3.84. The maximum absolute atomic E-state index is 13.0. The van der Waals surface area contributed by atoms with Crippen molar-refractivity contribution in [1.82, 2.24) is 9.88 Å². The molecule has 2 saturated heterocycles. The first-order valence-electron chi connectivity index (χ1n) is 9.55. The summed E-state index contributed by atoms with van der Waals surface area (Å²) in [6, 6.07) is 13.2. The van der Waals surface area contributed by atoms with Crippen molar-refractivity contribution < 1.29 is 14.3 Å². The first-order chi connectivity index (χ1) is 13.7. The van der Waals surface area contributed by atoms with Gasteiger partial charge in [0.1, 0.15) is 11.6 Å². The van der Waals surface area contributed by atoms with Crippen molar-refractivity contribution in [1.29, 1.82) is 0 Å². The Hall–Kier alpha value is -3.09. The molecule has 2 aliphatic rings. The van der Waals surface area contributed by atoms with Crippen molar-refractivity contribution in [3.63, 3.8) is 0 Å². The second-order valence-corrected chi connectivity index (χ2v) is 7.10. The number of ether oxygens (including phenoxy) is 1. The molecule has 1 aromatic carbocycles. The molecule has 0 N–H and O–H groups in total. The van der Waals surface area contributed by atoms with Gasteiger partial charge in [0, 0.05) is 51.0 Å². The minimum atomic E-state index is -0.281. The van der Waals surface area contributed by atoms with E-state index in [1.165, 1.54) is 0 Å². The summed E-state index contributed by atoms with van der Waals surface area (Å²) in [6.07, 6.45) is 2.05. The molecular weight excluding hydrogens is 356 g/mol. The van der Waals surface area contributed by atoms with Crippen molar-refractivity contribution in [2.45, 2.75) is 6.42 Å². The van der Waals surface area contributed by atoms with Crippen LogP contribution in [0.15, 0.2) is 48.7 Å². The number of methoxy groups -OCH3 is 1. The van der Waals surface area contributed by atoms with Crippen LogP contribution in [0.2, 0.25) is 0 Å². The second kappa shape index (κ2) is 7.88. The summed E-state index contributed by atoms with van der Waals surface area (Å²) < 4.78 is 5.17. The number of aromatic nitrogens is 1. The lowest BCUT2D eigenvalue weighted by Crippen LogP contribution is -2.51. The number of carbonyl (C=O) groups excluding carboxylic acids is 2. The Labute approximate surface area is 164 Å². The zero-order valence-electron chi connectivity index (χ0n) is 16.0. The molecule has 146 valence electrons. The molecule has 0 saturated carbocycles. The molecule has 0 bridgehead atoms. The van der Waals surface area contributed by atoms with E-state index < -0.39 is 0 Å². The highest BCUT2D eigenvalue weighted by Gasteiger charge is 2.38. The molecule has 1 aromatic heterocycles. The summed E-state index contributed by atoms with van der Waals surface area (Å²) in [4.78, 5) is 35.6. The number of pyridine rings is 1. The van der Waals surface area contributed by atoms with E-state index in [2.05, 4.69) is 9.88 Å². The minimum Gasteiger partial charge on any atom is -0.497 e. The third-order valence-corrected chi connectivity index (χ3v) is 5.42. The van der Waals surface area contributed by atoms with Crippen LogP contribution in [0.1, 0.15) is 6.42 Å². The molecule has 7 heteroatoms. The lowest BCUT2D eigenvalue weighted by Gasteiger charge is -2.36. The van der Waals surface area contributed by atoms with Crippen molar-refractivity contribution >= 4 is 23.3 Å². The molecule has 1 atom stereocenters. The zero-order valence-corrected chi connectivity index (χ0v) is 16.0. The number of carbonyl (C=O) groups is 2. The fourth-order valence-corrected chi connectivity index (χ4v) is 3.84. The van der Waals surface area contributed by atoms with E-state index in [9.17, 15) is 9.59 Å². The lowest BCUT2D eigenvalue weighted by molar-refractivity contribution is -0.136. The van der Waals surface area contributed by atoms with Crippen LogP contribution in [0.3, 0.4) is 0 Å². The van der Waals surface area contributed by atoms with Gasteiger partial charge in [-0.05, 0) is 36.4 Å². The molecular formula is C21H24N4O3. The SMILES string of the molecule is COc1ccc(N2C[C@H](C(=O)N3CCN(c4ccccn4)CC3)CC2=O)cc1. The molecule has 0 aliphatic carbocycles. The van der Waals surface area contributed by atoms with Gasteiger partial charge in [-0.15, -0.1) is 0 Å². The standard InChI is InChI=1S/C21H24N4O3/c1-28-18-7-5-17(6-8-18)25-15-16(14-20(25)26)21(27)24-12-10-23(11-13-24)19-4-2-3-9-22-19/h2-9,16H,10-15H2,1H3/t16-/m1/s1. The number of piperazine rings is 1. The van der Waals surface area contributed by atoms with Crippen LogP contribution in [0, 0.1) is 5.92 Å². The summed E-state index contributed by atoms with van der Waals surface area (Å²) >= 11 is 0. The average Bonchev–Trinajstić information content (AvgIpc) is 3.15. The van der Waals surface area contributed by atoms with Gasteiger partial charge in [-0.1, -0.05) is 6.07 Å². The summed E-state index contributed by atoms with van der Waals surface area (Å²) in [7, 11) is 1.61. The number of nitrogens with zero attached hydrogens (tertiary/aromatic N) is 4. The topological polar surface area (TPSA) is 66.0 Å². The monoisotopic (exact) mass is 380 g/mol. The van der Waals surface area contributed by atoms with Crippen molar-refractivity contribution in [2.24, 2.45) is 5.92 Å². The van der Waals surface area contributed by atoms with E-state index in [1.54, 1.807) is 18.2 Å². The highest BCUT2D eigenvalue weighted by atomic mass is 16.5. The van der Waals surface area contributed by atoms with Crippen LogP contribution in [0.25, 0.3) is 0 Å². The molecule has 0 spiro atoms. The molecule has 28 heavy (non-hydrogen) atoms. The lowest BCUT2D eigenvalue weighted by atomic mass is 10.1. The zero-order chi connectivity index (χ0) is 19.5. The Morgan fingerprint density at radius 2 is 1.82 bits per heavy atom. The number of amides is 2. The summed E-state index contributed by atoms with van der Waals surface area (Å²) in [5.74, 6) is 1.47. The molecule has 0 unspecified atom stereocenters. The number of anilines is 2. The summed E-state index contributed by atoms with van der Waals surface area (Å²) in [5, 5.41) is 0. The van der Waals surface area contributed by atoms with Gasteiger partial charge in [0.15, 0.2) is 0 Å². The van der Waals surface area contributed by atoms with Gasteiger partial charge in [0.05, 0.1) is 13.0 Å². The second-order valence-electron chi connectivity index (χ2n) is 7.10. The highest BCUT2D eigenvalue weighted by Crippen LogP contribution is 2.28. The highest BCUT2D eigenvalue weighted by molar-refractivity contribution is 6.00. The van der Waals surface area contributed by atoms with Crippen molar-refractivity contribution in [3.8, 4) is 5.75 Å². The molecule has 2 aromatic rings. The van der Waals surface area contributed by atoms with Gasteiger partial charge < -0.3 is 19.4 Å². The Kier molecular flexibility index (Phi) is 5.14. The van der Waals surface area contributed by atoms with E-state index in [-0.39, 0.29) is 24.2 Å². The molecule has 7 nitrogen and oxygen atoms in total. The molecule has 2 aliphatic heterocycles. The van der Waals surface area contributed by atoms with E-state index in [4.69, 9.17) is 4.74 Å². The van der Waals surface area contributed by atoms with Crippen LogP contribution >= 0.6 is 0 Å². The number of benzene rings is 1. The largest absolute Gasteiger partial charge is 0.497 e. The van der Waals surface area contributed by atoms with Gasteiger partial charge in [-0.25, -0.2) is 4.98 Å². The smallest absolute Gasteiger partial charge is 0.228 e. The van der Waals surface area contributed by atoms with E-state index in [0.717, 1.165) is 30.3 Å². The third-order valence-electron chi connectivity index (χ3n) is 5.42. The van der Waals surface area contributed by atoms with Crippen molar-refractivity contribution in [3.05, 3.63) is 48.7 Å². The third kappa shape index (κ3) is 3.65. The molecule has 3 heterocycles. The van der Waals surface area contributed by atoms with Crippen LogP contribution in [-0.2, 0) is 9.59 Å². The molecule has 2 fully saturated rings. The molecule has 0 radical (unpaired) electrons. The Balaban J connectivity index is 1.36. The van der Waals surface area contributed by atoms with E-state index in [0.29, 0.717) is 19.6 Å². The predicted molar refractivity (Wildman–Crippen MR) is 106 cm³/mol. The first kappa shape index (κ1) is 18.3. The van der Waals surface area contributed by atoms with Gasteiger partial charge in [-0.3, -0.25) is 9.59 Å². The van der Waals surface area contributed by atoms with Crippen LogP contribution in [0.4, 0.5) is 11.5 Å². The Bertz CT molecular complexity index is 832. The van der Waals surface area contributed by atoms with Crippen LogP contribution in [0.5, 0.6) is 5.75 Å². The Morgan fingerprint density at radius 1 is 1.07 bits per heavy atom. The summed E-state index contributed by atoms with van der Waals surface area (Å²) in [6.45, 7) is 3.26. The van der Waals surface area contributed by atoms with E-state index >= 15 is 0 Å². The van der Waals surface area contributed by atoms with Crippen LogP contribution in [-0.4, -0.2) is 61.5 Å². The fraction of sp³-hybridized carbons (Fsp3) is 0.381. The number of hydrogen-bond donors (Lipinski definition) is 0. The van der Waals surface area contributed by atoms with Gasteiger partial charge >= 0.3 is 0 Å². The van der Waals surface area contributed by atoms with Crippen LogP contribution < -0.4 is 14.5 Å². The number of hydrogen-bond acceptors (Lipinski definition) is 5. The minimum absolute atomic E-state index is 0.00404.